The fourth-order valence-electron chi connectivity index (χ4n) is 9.56. The topological polar surface area (TPSA) is 0 Å². The Labute approximate surface area is 427 Å². The Morgan fingerprint density at radius 1 is 0.343 bits per heavy atom. The van der Waals surface area contributed by atoms with E-state index in [1.165, 1.54) is 107 Å². The van der Waals surface area contributed by atoms with Gasteiger partial charge in [-0.2, -0.15) is 52.7 Å². The Hall–Kier alpha value is -3.24. The molecule has 11 rings (SSSR count). The summed E-state index contributed by atoms with van der Waals surface area (Å²) >= 11 is 10.6. The summed E-state index contributed by atoms with van der Waals surface area (Å²) in [5.41, 5.74) is -5.75. The van der Waals surface area contributed by atoms with E-state index in [1.54, 1.807) is 26.0 Å². The molecule has 2 atom stereocenters. The third kappa shape index (κ3) is 6.87. The number of aryl methyl sites for hydroxylation is 6. The van der Waals surface area contributed by atoms with Gasteiger partial charge in [0.2, 0.25) is 0 Å². The summed E-state index contributed by atoms with van der Waals surface area (Å²) in [7, 11) is 0. The van der Waals surface area contributed by atoms with Crippen molar-refractivity contribution in [3.05, 3.63) is 145 Å². The van der Waals surface area contributed by atoms with Gasteiger partial charge in [-0.3, -0.25) is 0 Å². The molecule has 8 heterocycles. The average molecular weight is 1120 g/mol. The van der Waals surface area contributed by atoms with Gasteiger partial charge < -0.3 is 0 Å². The summed E-state index contributed by atoms with van der Waals surface area (Å²) < 4.78 is 179. The minimum atomic E-state index is -5.56. The number of fused-ring (bicyclic) bond motifs is 4. The maximum absolute atomic E-state index is 15.3. The van der Waals surface area contributed by atoms with Gasteiger partial charge in [0.05, 0.1) is 9.49 Å². The number of alkyl halides is 12. The highest BCUT2D eigenvalue weighted by Gasteiger charge is 2.84. The Morgan fingerprint density at radius 3 is 0.914 bits per heavy atom. The van der Waals surface area contributed by atoms with E-state index >= 15 is 35.1 Å². The van der Waals surface area contributed by atoms with Crippen LogP contribution in [0.15, 0.2) is 95.1 Å². The number of hydrogen-bond acceptors (Lipinski definition) is 8. The Morgan fingerprint density at radius 2 is 0.629 bits per heavy atom. The van der Waals surface area contributed by atoms with Gasteiger partial charge in [-0.1, -0.05) is 0 Å². The van der Waals surface area contributed by atoms with E-state index in [2.05, 4.69) is 0 Å². The van der Waals surface area contributed by atoms with Crippen molar-refractivity contribution in [1.82, 2.24) is 0 Å². The predicted octanol–water partition coefficient (Wildman–Crippen LogP) is 19.7. The van der Waals surface area contributed by atoms with Crippen molar-refractivity contribution in [2.45, 2.75) is 100 Å². The second kappa shape index (κ2) is 16.1. The molecule has 368 valence electrons. The van der Waals surface area contributed by atoms with Gasteiger partial charge >= 0.3 is 35.5 Å². The molecule has 0 aromatic carbocycles. The SMILES string of the molecule is Cc1ccc(-c2cc(C3=C(c4cc(-c5ccc(C)s5)sc4C)C(F)(F)C(F)(F)C3(F)F)c(C)s2)s1.Cc1ccc(C2=CC3=C4C(=C5C=C(c6ccc(C)s6)SC5(C)C3(C)S2)C(F)(F)C(F)(F)C4(F)F)s1. The molecule has 0 amide bonds. The van der Waals surface area contributed by atoms with E-state index in [0.29, 0.717) is 19.6 Å². The Balaban J connectivity index is 0.000000162. The standard InChI is InChI=1S/2C25H18F6S4/c1-11-5-7-15(32-11)17-9-13-19-20(24(28,29)25(30,31)23(19,26)27)14-10-18(16-8-6-12(2)33-16)35-22(14,4)21(13,3)34-17;1-11-5-7-17(32-11)19-9-15(13(3)34-19)21-22(24(28,29)25(30,31)23(21,26)27)16-10-20(35-14(16)4)18-8-6-12(2)33-18/h2*5-10H,1-4H3. The van der Waals surface area contributed by atoms with Crippen LogP contribution in [-0.2, 0) is 0 Å². The number of thiophene rings is 6. The lowest BCUT2D eigenvalue weighted by Crippen LogP contribution is -2.48. The molecule has 0 nitrogen and oxygen atoms in total. The molecule has 1 saturated carbocycles. The summed E-state index contributed by atoms with van der Waals surface area (Å²) in [6, 6.07) is 17.5. The van der Waals surface area contributed by atoms with Crippen LogP contribution in [0.4, 0.5) is 52.7 Å². The van der Waals surface area contributed by atoms with Gasteiger partial charge in [0.15, 0.2) is 0 Å². The molecule has 6 aromatic heterocycles. The molecule has 6 aromatic rings. The lowest BCUT2D eigenvalue weighted by Gasteiger charge is -2.47. The molecule has 3 aliphatic carbocycles. The highest BCUT2D eigenvalue weighted by molar-refractivity contribution is 8.14. The van der Waals surface area contributed by atoms with Gasteiger partial charge in [0.1, 0.15) is 0 Å². The number of allylic oxidation sites excluding steroid dienone is 6. The van der Waals surface area contributed by atoms with Crippen LogP contribution in [-0.4, -0.2) is 45.0 Å². The summed E-state index contributed by atoms with van der Waals surface area (Å²) in [6.07, 6.45) is 2.87. The van der Waals surface area contributed by atoms with Gasteiger partial charge in [0.25, 0.3) is 0 Å². The molecule has 0 N–H and O–H groups in total. The van der Waals surface area contributed by atoms with Crippen molar-refractivity contribution in [3.8, 4) is 19.5 Å². The van der Waals surface area contributed by atoms with Crippen LogP contribution in [0.5, 0.6) is 0 Å². The summed E-state index contributed by atoms with van der Waals surface area (Å²) in [5.74, 6) is -31.2. The van der Waals surface area contributed by atoms with Crippen molar-refractivity contribution in [1.29, 1.82) is 0 Å². The molecular weight excluding hydrogens is 1090 g/mol. The van der Waals surface area contributed by atoms with Crippen molar-refractivity contribution in [3.63, 3.8) is 0 Å². The molecular formula is C50H36F12S8. The third-order valence-corrected chi connectivity index (χ3v) is 23.4. The van der Waals surface area contributed by atoms with Crippen LogP contribution in [0.2, 0.25) is 0 Å². The first kappa shape index (κ1) is 50.3. The fourth-order valence-corrected chi connectivity index (χ4v) is 18.5. The maximum atomic E-state index is 15.3. The van der Waals surface area contributed by atoms with Crippen LogP contribution >= 0.6 is 91.5 Å². The molecule has 1 fully saturated rings. The van der Waals surface area contributed by atoms with Gasteiger partial charge in [-0.25, -0.2) is 0 Å². The van der Waals surface area contributed by atoms with E-state index in [4.69, 9.17) is 0 Å². The van der Waals surface area contributed by atoms with Crippen molar-refractivity contribution < 1.29 is 52.7 Å². The second-order valence-electron chi connectivity index (χ2n) is 17.9. The van der Waals surface area contributed by atoms with Crippen LogP contribution < -0.4 is 0 Å². The molecule has 20 heteroatoms. The third-order valence-electron chi connectivity index (χ3n) is 13.3. The first-order chi connectivity index (χ1) is 32.4. The Kier molecular flexibility index (Phi) is 11.6. The van der Waals surface area contributed by atoms with E-state index in [1.807, 2.05) is 64.1 Å². The second-order valence-corrected chi connectivity index (χ2v) is 28.4. The van der Waals surface area contributed by atoms with E-state index < -0.39 is 67.3 Å². The molecule has 2 aliphatic heterocycles. The molecule has 2 unspecified atom stereocenters. The minimum Gasteiger partial charge on any atom is -0.194 e. The van der Waals surface area contributed by atoms with Crippen molar-refractivity contribution in [2.24, 2.45) is 0 Å². The molecule has 0 radical (unpaired) electrons. The number of rotatable bonds is 6. The molecule has 70 heavy (non-hydrogen) atoms. The smallest absolute Gasteiger partial charge is 0.194 e. The zero-order valence-electron chi connectivity index (χ0n) is 37.7. The highest BCUT2D eigenvalue weighted by Crippen LogP contribution is 2.76. The first-order valence-corrected chi connectivity index (χ1v) is 27.8. The summed E-state index contributed by atoms with van der Waals surface area (Å²) in [4.78, 5) is 10.1. The summed E-state index contributed by atoms with van der Waals surface area (Å²) in [6.45, 7) is 14.0. The Bertz CT molecular complexity index is 3140. The number of halogens is 12. The van der Waals surface area contributed by atoms with Gasteiger partial charge in [0, 0.05) is 90.6 Å². The quantitative estimate of drug-likeness (QED) is 0.153. The van der Waals surface area contributed by atoms with Crippen LogP contribution in [0.3, 0.4) is 0 Å². The number of hydrogen-bond donors (Lipinski definition) is 0. The predicted molar refractivity (Wildman–Crippen MR) is 271 cm³/mol. The average Bonchev–Trinajstić information content (AvgIpc) is 4.13. The number of thioether (sulfide) groups is 2. The maximum Gasteiger partial charge on any atom is 0.380 e. The monoisotopic (exact) mass is 1120 g/mol. The fraction of sp³-hybridized carbons (Fsp3) is 0.320. The summed E-state index contributed by atoms with van der Waals surface area (Å²) in [5, 5.41) is 0. The van der Waals surface area contributed by atoms with Crippen molar-refractivity contribution in [2.75, 3.05) is 0 Å². The van der Waals surface area contributed by atoms with Crippen LogP contribution in [0, 0.1) is 41.5 Å². The first-order valence-electron chi connectivity index (χ1n) is 21.2. The zero-order valence-corrected chi connectivity index (χ0v) is 44.3. The highest BCUT2D eigenvalue weighted by atomic mass is 32.2. The van der Waals surface area contributed by atoms with Crippen LogP contribution in [0.1, 0.15) is 64.0 Å². The zero-order chi connectivity index (χ0) is 50.8. The molecule has 0 spiro atoms. The largest absolute Gasteiger partial charge is 0.380 e. The lowest BCUT2D eigenvalue weighted by molar-refractivity contribution is -0.258. The normalized spacial score (nSPS) is 25.3. The molecule has 0 bridgehead atoms. The van der Waals surface area contributed by atoms with E-state index in [0.717, 1.165) is 61.7 Å². The molecule has 0 saturated heterocycles. The van der Waals surface area contributed by atoms with Gasteiger partial charge in [-0.15, -0.1) is 91.5 Å². The van der Waals surface area contributed by atoms with Gasteiger partial charge in [-0.05, 0) is 150 Å². The van der Waals surface area contributed by atoms with Crippen molar-refractivity contribution >= 4 is 113 Å². The molecule has 5 aliphatic rings. The van der Waals surface area contributed by atoms with E-state index in [9.17, 15) is 17.6 Å². The lowest BCUT2D eigenvalue weighted by atomic mass is 9.71. The van der Waals surface area contributed by atoms with Crippen LogP contribution in [0.25, 0.3) is 40.5 Å². The minimum absolute atomic E-state index is 0.129. The van der Waals surface area contributed by atoms with E-state index in [-0.39, 0.29) is 32.0 Å².